The van der Waals surface area contributed by atoms with Crippen LogP contribution in [0.3, 0.4) is 0 Å². The molecule has 0 aromatic heterocycles. The number of hydrogen-bond donors (Lipinski definition) is 2. The van der Waals surface area contributed by atoms with Crippen molar-refractivity contribution in [1.29, 1.82) is 0 Å². The van der Waals surface area contributed by atoms with Gasteiger partial charge in [-0.2, -0.15) is 0 Å². The molecular formula is C14H21NO4. The SMILES string of the molecule is CNC1(C(C)(C)CC(=O)O)C(=O)C=C(C)C(=O)C1C. The summed E-state index contributed by atoms with van der Waals surface area (Å²) in [5, 5.41) is 12.0. The van der Waals surface area contributed by atoms with Crippen LogP contribution in [0, 0.1) is 11.3 Å². The van der Waals surface area contributed by atoms with Crippen LogP contribution in [-0.2, 0) is 14.4 Å². The van der Waals surface area contributed by atoms with Crippen molar-refractivity contribution in [3.05, 3.63) is 11.6 Å². The fourth-order valence-electron chi connectivity index (χ4n) is 3.25. The predicted molar refractivity (Wildman–Crippen MR) is 70.8 cm³/mol. The lowest BCUT2D eigenvalue weighted by Crippen LogP contribution is -2.67. The molecule has 0 bridgehead atoms. The van der Waals surface area contributed by atoms with Gasteiger partial charge in [-0.3, -0.25) is 14.4 Å². The smallest absolute Gasteiger partial charge is 0.303 e. The number of allylic oxidation sites excluding steroid dienone is 1. The standard InChI is InChI=1S/C14H21NO4/c1-8-6-10(16)14(15-5,9(2)12(8)19)13(3,4)7-11(17)18/h6,9,15H,7H2,1-5H3,(H,17,18). The van der Waals surface area contributed by atoms with Gasteiger partial charge in [0.1, 0.15) is 0 Å². The Hall–Kier alpha value is -1.49. The quantitative estimate of drug-likeness (QED) is 0.799. The molecule has 0 aromatic rings. The van der Waals surface area contributed by atoms with Crippen molar-refractivity contribution >= 4 is 17.5 Å². The van der Waals surface area contributed by atoms with Crippen molar-refractivity contribution in [2.24, 2.45) is 11.3 Å². The second-order valence-corrected chi connectivity index (χ2v) is 5.79. The number of hydrogen-bond acceptors (Lipinski definition) is 4. The zero-order valence-corrected chi connectivity index (χ0v) is 12.0. The predicted octanol–water partition coefficient (Wildman–Crippen LogP) is 1.18. The van der Waals surface area contributed by atoms with E-state index in [4.69, 9.17) is 5.11 Å². The molecule has 2 unspecified atom stereocenters. The topological polar surface area (TPSA) is 83.5 Å². The monoisotopic (exact) mass is 267 g/mol. The molecule has 2 N–H and O–H groups in total. The van der Waals surface area contributed by atoms with E-state index in [-0.39, 0.29) is 18.0 Å². The van der Waals surface area contributed by atoms with Crippen molar-refractivity contribution in [3.8, 4) is 0 Å². The number of nitrogens with one attached hydrogen (secondary N) is 1. The van der Waals surface area contributed by atoms with E-state index in [2.05, 4.69) is 5.32 Å². The Kier molecular flexibility index (Phi) is 4.00. The number of rotatable bonds is 4. The molecule has 1 aliphatic carbocycles. The van der Waals surface area contributed by atoms with E-state index in [1.807, 2.05) is 0 Å². The third-order valence-electron chi connectivity index (χ3n) is 4.22. The highest BCUT2D eigenvalue weighted by atomic mass is 16.4. The molecule has 1 aliphatic rings. The average molecular weight is 267 g/mol. The molecular weight excluding hydrogens is 246 g/mol. The van der Waals surface area contributed by atoms with Crippen LogP contribution in [0.25, 0.3) is 0 Å². The van der Waals surface area contributed by atoms with E-state index < -0.39 is 22.8 Å². The number of ketones is 2. The van der Waals surface area contributed by atoms with Gasteiger partial charge in [-0.05, 0) is 25.6 Å². The van der Waals surface area contributed by atoms with Crippen LogP contribution in [0.5, 0.6) is 0 Å². The van der Waals surface area contributed by atoms with Crippen LogP contribution >= 0.6 is 0 Å². The van der Waals surface area contributed by atoms with E-state index in [0.717, 1.165) is 0 Å². The molecule has 0 spiro atoms. The highest BCUT2D eigenvalue weighted by Crippen LogP contribution is 2.43. The van der Waals surface area contributed by atoms with Crippen LogP contribution in [0.15, 0.2) is 11.6 Å². The first-order valence-corrected chi connectivity index (χ1v) is 6.28. The van der Waals surface area contributed by atoms with Gasteiger partial charge < -0.3 is 10.4 Å². The van der Waals surface area contributed by atoms with Gasteiger partial charge >= 0.3 is 5.97 Å². The lowest BCUT2D eigenvalue weighted by Gasteiger charge is -2.49. The Bertz CT molecular complexity index is 464. The Morgan fingerprint density at radius 1 is 1.47 bits per heavy atom. The molecule has 0 amide bonds. The highest BCUT2D eigenvalue weighted by molar-refractivity contribution is 6.14. The second-order valence-electron chi connectivity index (χ2n) is 5.79. The van der Waals surface area contributed by atoms with Crippen molar-refractivity contribution in [1.82, 2.24) is 5.32 Å². The number of Topliss-reactive ketones (excluding diaryl/α,β-unsaturated/α-hetero) is 1. The summed E-state index contributed by atoms with van der Waals surface area (Å²) in [7, 11) is 1.60. The number of likely N-dealkylation sites (N-methyl/N-ethyl adjacent to an activating group) is 1. The number of carboxylic acid groups (broad SMARTS) is 1. The van der Waals surface area contributed by atoms with E-state index in [0.29, 0.717) is 5.57 Å². The molecule has 5 heteroatoms. The molecule has 0 fully saturated rings. The lowest BCUT2D eigenvalue weighted by atomic mass is 9.58. The largest absolute Gasteiger partial charge is 0.481 e. The molecule has 0 saturated heterocycles. The summed E-state index contributed by atoms with van der Waals surface area (Å²) in [4.78, 5) is 35.7. The van der Waals surface area contributed by atoms with E-state index in [1.54, 1.807) is 34.7 Å². The molecule has 0 aromatic carbocycles. The Morgan fingerprint density at radius 2 is 2.00 bits per heavy atom. The fraction of sp³-hybridized carbons (Fsp3) is 0.643. The van der Waals surface area contributed by atoms with Crippen LogP contribution < -0.4 is 5.32 Å². The van der Waals surface area contributed by atoms with Gasteiger partial charge in [0.2, 0.25) is 0 Å². The number of carbonyl (C=O) groups excluding carboxylic acids is 2. The summed E-state index contributed by atoms with van der Waals surface area (Å²) in [6.45, 7) is 6.69. The molecule has 1 rings (SSSR count). The van der Waals surface area contributed by atoms with Gasteiger partial charge in [0, 0.05) is 11.3 Å². The zero-order chi connectivity index (χ0) is 15.0. The van der Waals surface area contributed by atoms with E-state index in [1.165, 1.54) is 6.08 Å². The summed E-state index contributed by atoms with van der Waals surface area (Å²) in [5.74, 6) is -1.93. The van der Waals surface area contributed by atoms with Crippen molar-refractivity contribution < 1.29 is 19.5 Å². The van der Waals surface area contributed by atoms with Crippen molar-refractivity contribution in [2.75, 3.05) is 7.05 Å². The molecule has 2 atom stereocenters. The minimum atomic E-state index is -1.18. The van der Waals surface area contributed by atoms with Crippen LogP contribution in [-0.4, -0.2) is 35.2 Å². The van der Waals surface area contributed by atoms with E-state index in [9.17, 15) is 14.4 Å². The summed E-state index contributed by atoms with van der Waals surface area (Å²) >= 11 is 0. The Labute approximate surface area is 113 Å². The third-order valence-corrected chi connectivity index (χ3v) is 4.22. The van der Waals surface area contributed by atoms with Gasteiger partial charge in [-0.1, -0.05) is 20.8 Å². The van der Waals surface area contributed by atoms with Gasteiger partial charge in [0.05, 0.1) is 12.0 Å². The minimum Gasteiger partial charge on any atom is -0.481 e. The lowest BCUT2D eigenvalue weighted by molar-refractivity contribution is -0.146. The van der Waals surface area contributed by atoms with Gasteiger partial charge in [0.15, 0.2) is 11.6 Å². The number of carboxylic acids is 1. The normalized spacial score (nSPS) is 28.3. The summed E-state index contributed by atoms with van der Waals surface area (Å²) < 4.78 is 0. The zero-order valence-electron chi connectivity index (χ0n) is 12.0. The molecule has 19 heavy (non-hydrogen) atoms. The molecule has 0 heterocycles. The Morgan fingerprint density at radius 3 is 2.42 bits per heavy atom. The van der Waals surface area contributed by atoms with Gasteiger partial charge in [0.25, 0.3) is 0 Å². The van der Waals surface area contributed by atoms with Crippen molar-refractivity contribution in [3.63, 3.8) is 0 Å². The summed E-state index contributed by atoms with van der Waals surface area (Å²) in [6, 6.07) is 0. The summed E-state index contributed by atoms with van der Waals surface area (Å²) in [5.41, 5.74) is -1.63. The van der Waals surface area contributed by atoms with Gasteiger partial charge in [-0.25, -0.2) is 0 Å². The summed E-state index contributed by atoms with van der Waals surface area (Å²) in [6.07, 6.45) is 1.13. The maximum atomic E-state index is 12.5. The highest BCUT2D eigenvalue weighted by Gasteiger charge is 2.57. The molecule has 0 radical (unpaired) electrons. The molecule has 0 aliphatic heterocycles. The molecule has 5 nitrogen and oxygen atoms in total. The first-order chi connectivity index (χ1) is 8.60. The average Bonchev–Trinajstić information content (AvgIpc) is 2.25. The Balaban J connectivity index is 3.42. The molecule has 0 saturated carbocycles. The number of aliphatic carboxylic acids is 1. The fourth-order valence-corrected chi connectivity index (χ4v) is 3.25. The van der Waals surface area contributed by atoms with Crippen LogP contribution in [0.2, 0.25) is 0 Å². The first kappa shape index (κ1) is 15.6. The van der Waals surface area contributed by atoms with Gasteiger partial charge in [-0.15, -0.1) is 0 Å². The minimum absolute atomic E-state index is 0.118. The maximum Gasteiger partial charge on any atom is 0.303 e. The van der Waals surface area contributed by atoms with Crippen LogP contribution in [0.1, 0.15) is 34.1 Å². The number of carbonyl (C=O) groups is 3. The second kappa shape index (κ2) is 4.89. The maximum absolute atomic E-state index is 12.5. The molecule has 106 valence electrons. The third kappa shape index (κ3) is 2.23. The van der Waals surface area contributed by atoms with Crippen LogP contribution in [0.4, 0.5) is 0 Å². The van der Waals surface area contributed by atoms with Crippen molar-refractivity contribution in [2.45, 2.75) is 39.7 Å². The first-order valence-electron chi connectivity index (χ1n) is 6.28. The van der Waals surface area contributed by atoms with E-state index >= 15 is 0 Å².